The number of halogens is 3. The second kappa shape index (κ2) is 11.2. The number of amides is 1. The van der Waals surface area contributed by atoms with E-state index in [4.69, 9.17) is 10.5 Å². The quantitative estimate of drug-likeness (QED) is 0.284. The van der Waals surface area contributed by atoms with Crippen molar-refractivity contribution in [2.45, 2.75) is 0 Å². The minimum absolute atomic E-state index is 0.0375. The van der Waals surface area contributed by atoms with Crippen LogP contribution in [0.15, 0.2) is 48.6 Å². The molecule has 43 heavy (non-hydrogen) atoms. The first kappa shape index (κ1) is 27.9. The van der Waals surface area contributed by atoms with E-state index in [2.05, 4.69) is 19.9 Å². The van der Waals surface area contributed by atoms with Gasteiger partial charge in [0.25, 0.3) is 5.91 Å². The molecule has 0 unspecified atom stereocenters. The number of piperazine rings is 1. The first-order valence-corrected chi connectivity index (χ1v) is 13.8. The lowest BCUT2D eigenvalue weighted by Gasteiger charge is -2.35. The summed E-state index contributed by atoms with van der Waals surface area (Å²) in [5.74, 6) is -2.78. The second-order valence-electron chi connectivity index (χ2n) is 9.50. The van der Waals surface area contributed by atoms with E-state index in [1.165, 1.54) is 36.5 Å². The van der Waals surface area contributed by atoms with Gasteiger partial charge in [-0.3, -0.25) is 14.8 Å². The number of fused-ring (bicyclic) bond motifs is 2. The molecule has 0 radical (unpaired) electrons. The molecule has 1 aliphatic heterocycles. The number of hydrogen-bond donors (Lipinski definition) is 1. The summed E-state index contributed by atoms with van der Waals surface area (Å²) in [6.45, 7) is 0.876. The van der Waals surface area contributed by atoms with Gasteiger partial charge in [-0.15, -0.1) is 11.3 Å². The summed E-state index contributed by atoms with van der Waals surface area (Å²) in [7, 11) is 1.34. The van der Waals surface area contributed by atoms with Gasteiger partial charge < -0.3 is 20.3 Å². The standard InChI is InChI=1S/C29H21F3N8O2S/c1-42-29-37-24-18(14-36-23(22(24)32)16-5-6-19(30)25-21(16)17(13-33)26(34)43-25)27(38-29)39-8-10-40(11-9-39)28(41)20(31)12-15-4-2-3-7-35-15/h2-7,12,14H,8-11,34H2,1H3/b20-12-. The molecule has 5 heterocycles. The smallest absolute Gasteiger partial charge is 0.318 e. The Balaban J connectivity index is 1.34. The van der Waals surface area contributed by atoms with Crippen LogP contribution in [0.4, 0.5) is 24.0 Å². The molecule has 0 bridgehead atoms. The van der Waals surface area contributed by atoms with Crippen LogP contribution in [0, 0.1) is 23.0 Å². The maximum Gasteiger partial charge on any atom is 0.318 e. The highest BCUT2D eigenvalue weighted by Gasteiger charge is 2.28. The predicted molar refractivity (Wildman–Crippen MR) is 156 cm³/mol. The lowest BCUT2D eigenvalue weighted by Crippen LogP contribution is -2.49. The maximum absolute atomic E-state index is 16.2. The molecule has 10 nitrogen and oxygen atoms in total. The average molecular weight is 603 g/mol. The number of nitrogens with two attached hydrogens (primary N) is 1. The zero-order chi connectivity index (χ0) is 30.2. The van der Waals surface area contributed by atoms with E-state index < -0.39 is 23.4 Å². The summed E-state index contributed by atoms with van der Waals surface area (Å²) in [5.41, 5.74) is 6.25. The van der Waals surface area contributed by atoms with Gasteiger partial charge in [0.2, 0.25) is 0 Å². The predicted octanol–water partition coefficient (Wildman–Crippen LogP) is 4.70. The van der Waals surface area contributed by atoms with E-state index in [0.29, 0.717) is 11.5 Å². The summed E-state index contributed by atoms with van der Waals surface area (Å²) in [6.07, 6.45) is 3.99. The Hall–Kier alpha value is -5.29. The van der Waals surface area contributed by atoms with Crippen molar-refractivity contribution < 1.29 is 22.7 Å². The molecule has 1 amide bonds. The van der Waals surface area contributed by atoms with Crippen LogP contribution in [0.1, 0.15) is 11.3 Å². The van der Waals surface area contributed by atoms with Crippen molar-refractivity contribution in [2.24, 2.45) is 0 Å². The number of rotatable bonds is 5. The Kier molecular flexibility index (Phi) is 7.24. The molecule has 2 N–H and O–H groups in total. The van der Waals surface area contributed by atoms with Gasteiger partial charge in [0.1, 0.15) is 33.9 Å². The number of carbonyl (C=O) groups is 1. The topological polar surface area (TPSA) is 134 Å². The highest BCUT2D eigenvalue weighted by molar-refractivity contribution is 7.23. The number of nitrogen functional groups attached to an aromatic ring is 1. The van der Waals surface area contributed by atoms with Crippen LogP contribution in [0.5, 0.6) is 6.01 Å². The van der Waals surface area contributed by atoms with Gasteiger partial charge in [-0.2, -0.15) is 15.2 Å². The average Bonchev–Trinajstić information content (AvgIpc) is 3.38. The second-order valence-corrected chi connectivity index (χ2v) is 10.5. The van der Waals surface area contributed by atoms with E-state index in [9.17, 15) is 18.8 Å². The molecule has 1 saturated heterocycles. The molecule has 1 aliphatic rings. The van der Waals surface area contributed by atoms with E-state index in [1.54, 1.807) is 23.1 Å². The summed E-state index contributed by atoms with van der Waals surface area (Å²) >= 11 is 0.899. The summed E-state index contributed by atoms with van der Waals surface area (Å²) in [6, 6.07) is 9.35. The third-order valence-electron chi connectivity index (χ3n) is 7.04. The van der Waals surface area contributed by atoms with Crippen LogP contribution in [0.3, 0.4) is 0 Å². The van der Waals surface area contributed by atoms with Gasteiger partial charge in [0.15, 0.2) is 11.6 Å². The zero-order valence-electron chi connectivity index (χ0n) is 22.5. The molecule has 1 aromatic carbocycles. The first-order chi connectivity index (χ1) is 20.8. The number of anilines is 2. The number of benzene rings is 1. The number of carbonyl (C=O) groups excluding carboxylic acids is 1. The number of nitriles is 1. The Morgan fingerprint density at radius 3 is 2.63 bits per heavy atom. The van der Waals surface area contributed by atoms with Crippen molar-refractivity contribution >= 4 is 55.1 Å². The lowest BCUT2D eigenvalue weighted by molar-refractivity contribution is -0.128. The van der Waals surface area contributed by atoms with Crippen molar-refractivity contribution in [3.8, 4) is 23.3 Å². The number of nitrogens with zero attached hydrogens (tertiary/aromatic N) is 7. The lowest BCUT2D eigenvalue weighted by atomic mass is 10.0. The van der Waals surface area contributed by atoms with Crippen LogP contribution in [-0.4, -0.2) is 64.0 Å². The fourth-order valence-corrected chi connectivity index (χ4v) is 5.91. The van der Waals surface area contributed by atoms with Gasteiger partial charge >= 0.3 is 6.01 Å². The molecule has 6 rings (SSSR count). The fourth-order valence-electron chi connectivity index (χ4n) is 4.96. The largest absolute Gasteiger partial charge is 0.467 e. The molecular weight excluding hydrogens is 581 g/mol. The van der Waals surface area contributed by atoms with Crippen LogP contribution in [0.2, 0.25) is 0 Å². The molecule has 14 heteroatoms. The third kappa shape index (κ3) is 4.93. The number of ether oxygens (including phenoxy) is 1. The number of thiophene rings is 1. The Bertz CT molecular complexity index is 1970. The summed E-state index contributed by atoms with van der Waals surface area (Å²) < 4.78 is 50.8. The Morgan fingerprint density at radius 2 is 1.93 bits per heavy atom. The summed E-state index contributed by atoms with van der Waals surface area (Å²) in [5, 5.41) is 10.2. The van der Waals surface area contributed by atoms with Crippen LogP contribution in [0.25, 0.3) is 38.3 Å². The van der Waals surface area contributed by atoms with Crippen LogP contribution >= 0.6 is 11.3 Å². The van der Waals surface area contributed by atoms with Crippen molar-refractivity contribution in [2.75, 3.05) is 43.9 Å². The van der Waals surface area contributed by atoms with Gasteiger partial charge in [-0.1, -0.05) is 6.07 Å². The Morgan fingerprint density at radius 1 is 1.14 bits per heavy atom. The molecule has 0 spiro atoms. The number of pyridine rings is 2. The monoisotopic (exact) mass is 602 g/mol. The van der Waals surface area contributed by atoms with Gasteiger partial charge in [-0.05, 0) is 24.3 Å². The van der Waals surface area contributed by atoms with Gasteiger partial charge in [-0.25, -0.2) is 13.2 Å². The van der Waals surface area contributed by atoms with Crippen molar-refractivity contribution in [3.05, 3.63) is 71.4 Å². The molecule has 0 atom stereocenters. The third-order valence-corrected chi connectivity index (χ3v) is 8.07. The zero-order valence-corrected chi connectivity index (χ0v) is 23.3. The normalized spacial score (nSPS) is 13.9. The van der Waals surface area contributed by atoms with Crippen molar-refractivity contribution in [1.29, 1.82) is 5.26 Å². The van der Waals surface area contributed by atoms with Gasteiger partial charge in [0, 0.05) is 55.6 Å². The minimum Gasteiger partial charge on any atom is -0.467 e. The molecule has 0 saturated carbocycles. The molecule has 1 fully saturated rings. The van der Waals surface area contributed by atoms with E-state index >= 15 is 4.39 Å². The molecule has 0 aliphatic carbocycles. The summed E-state index contributed by atoms with van der Waals surface area (Å²) in [4.78, 5) is 32.9. The van der Waals surface area contributed by atoms with E-state index in [0.717, 1.165) is 17.4 Å². The van der Waals surface area contributed by atoms with Gasteiger partial charge in [0.05, 0.1) is 28.5 Å². The van der Waals surface area contributed by atoms with Crippen LogP contribution < -0.4 is 15.4 Å². The van der Waals surface area contributed by atoms with E-state index in [1.807, 2.05) is 6.07 Å². The molecular formula is C29H21F3N8O2S. The van der Waals surface area contributed by atoms with Crippen molar-refractivity contribution in [3.63, 3.8) is 0 Å². The maximum atomic E-state index is 16.2. The van der Waals surface area contributed by atoms with Crippen LogP contribution in [-0.2, 0) is 4.79 Å². The number of hydrogen-bond acceptors (Lipinski definition) is 10. The molecule has 216 valence electrons. The number of methoxy groups -OCH3 is 1. The SMILES string of the molecule is COc1nc(N2CCN(C(=O)/C(F)=C/c3ccccn3)CC2)c2cnc(-c3ccc(F)c4sc(N)c(C#N)c34)c(F)c2n1. The number of aromatic nitrogens is 4. The fraction of sp³-hybridized carbons (Fsp3) is 0.172. The highest BCUT2D eigenvalue weighted by atomic mass is 32.1. The first-order valence-electron chi connectivity index (χ1n) is 12.9. The molecule has 5 aromatic rings. The Labute approximate surface area is 246 Å². The minimum atomic E-state index is -0.929. The molecule has 4 aromatic heterocycles. The highest BCUT2D eigenvalue weighted by Crippen LogP contribution is 2.42. The van der Waals surface area contributed by atoms with E-state index in [-0.39, 0.29) is 75.0 Å². The van der Waals surface area contributed by atoms with Crippen molar-refractivity contribution in [1.82, 2.24) is 24.8 Å².